The first kappa shape index (κ1) is 22.2. The van der Waals surface area contributed by atoms with E-state index in [1.54, 1.807) is 0 Å². The minimum atomic E-state index is -5.00. The molecule has 0 saturated carbocycles. The van der Waals surface area contributed by atoms with E-state index in [0.717, 1.165) is 36.4 Å². The minimum absolute atomic E-state index is 0.544. The molecule has 0 aromatic heterocycles. The van der Waals surface area contributed by atoms with Gasteiger partial charge in [0.25, 0.3) is 0 Å². The van der Waals surface area contributed by atoms with Gasteiger partial charge in [0, 0.05) is 18.2 Å². The molecule has 0 aliphatic carbocycles. The third kappa shape index (κ3) is 4.96. The highest BCUT2D eigenvalue weighted by molar-refractivity contribution is 7.49. The number of para-hydroxylation sites is 6. The number of rotatable bonds is 9. The predicted octanol–water partition coefficient (Wildman–Crippen LogP) is 5.06. The fourth-order valence-corrected chi connectivity index (χ4v) is 3.77. The molecule has 3 aromatic carbocycles. The van der Waals surface area contributed by atoms with Crippen LogP contribution in [0, 0.1) is 30.3 Å². The normalized spacial score (nSPS) is 10.8. The molecular weight excluding hydrogens is 449 g/mol. The lowest BCUT2D eigenvalue weighted by molar-refractivity contribution is -0.385. The minimum Gasteiger partial charge on any atom is -0.379 e. The van der Waals surface area contributed by atoms with Gasteiger partial charge < -0.3 is 13.6 Å². The van der Waals surface area contributed by atoms with Crippen LogP contribution in [0.15, 0.2) is 72.8 Å². The highest BCUT2D eigenvalue weighted by Crippen LogP contribution is 2.54. The van der Waals surface area contributed by atoms with E-state index in [-0.39, 0.29) is 0 Å². The fraction of sp³-hybridized carbons (Fsp3) is 0. The van der Waals surface area contributed by atoms with Gasteiger partial charge in [-0.3, -0.25) is 30.3 Å². The summed E-state index contributed by atoms with van der Waals surface area (Å²) in [4.78, 5) is 31.4. The lowest BCUT2D eigenvalue weighted by atomic mass is 10.3. The van der Waals surface area contributed by atoms with Crippen molar-refractivity contribution in [3.05, 3.63) is 103 Å². The largest absolute Gasteiger partial charge is 0.647 e. The number of phosphoric acid groups is 1. The van der Waals surface area contributed by atoms with Crippen LogP contribution < -0.4 is 13.6 Å². The van der Waals surface area contributed by atoms with Crippen LogP contribution in [-0.4, -0.2) is 14.8 Å². The quantitative estimate of drug-likeness (QED) is 0.238. The van der Waals surface area contributed by atoms with Crippen molar-refractivity contribution < 1.29 is 32.9 Å². The second-order valence-electron chi connectivity index (χ2n) is 5.90. The average Bonchev–Trinajstić information content (AvgIpc) is 2.74. The monoisotopic (exact) mass is 461 g/mol. The molecule has 0 radical (unpaired) electrons. The zero-order valence-electron chi connectivity index (χ0n) is 15.8. The highest BCUT2D eigenvalue weighted by atomic mass is 31.2. The van der Waals surface area contributed by atoms with Crippen molar-refractivity contribution in [3.63, 3.8) is 0 Å². The number of phosphoric ester groups is 1. The van der Waals surface area contributed by atoms with E-state index in [4.69, 9.17) is 13.6 Å². The van der Waals surface area contributed by atoms with Crippen molar-refractivity contribution in [1.82, 2.24) is 0 Å². The Morgan fingerprint density at radius 3 is 1.03 bits per heavy atom. The lowest BCUT2D eigenvalue weighted by Gasteiger charge is -2.19. The van der Waals surface area contributed by atoms with Gasteiger partial charge in [-0.1, -0.05) is 36.4 Å². The molecule has 32 heavy (non-hydrogen) atoms. The Labute approximate surface area is 178 Å². The standard InChI is InChI=1S/C18H12N3O10P/c22-19(23)13-7-1-4-10-16(13)29-32(28,30-17-11-5-2-8-14(17)20(24)25)31-18-12-6-3-9-15(18)21(26)27/h1-12H. The summed E-state index contributed by atoms with van der Waals surface area (Å²) in [6.07, 6.45) is 0. The highest BCUT2D eigenvalue weighted by Gasteiger charge is 2.39. The molecule has 14 heteroatoms. The molecule has 0 amide bonds. The molecule has 0 unspecified atom stereocenters. The second-order valence-corrected chi connectivity index (χ2v) is 7.34. The molecule has 0 aliphatic rings. The molecule has 0 atom stereocenters. The summed E-state index contributed by atoms with van der Waals surface area (Å²) in [5, 5.41) is 33.9. The molecule has 164 valence electrons. The third-order valence-electron chi connectivity index (χ3n) is 3.82. The van der Waals surface area contributed by atoms with E-state index in [0.29, 0.717) is 0 Å². The van der Waals surface area contributed by atoms with E-state index < -0.39 is 56.9 Å². The van der Waals surface area contributed by atoms with E-state index in [1.807, 2.05) is 0 Å². The summed E-state index contributed by atoms with van der Waals surface area (Å²) in [5.74, 6) is -1.63. The van der Waals surface area contributed by atoms with Crippen molar-refractivity contribution in [2.45, 2.75) is 0 Å². The van der Waals surface area contributed by atoms with Crippen molar-refractivity contribution in [1.29, 1.82) is 0 Å². The number of hydrogen-bond acceptors (Lipinski definition) is 10. The molecule has 3 rings (SSSR count). The Bertz CT molecular complexity index is 1100. The van der Waals surface area contributed by atoms with E-state index in [2.05, 4.69) is 0 Å². The van der Waals surface area contributed by atoms with E-state index in [1.165, 1.54) is 36.4 Å². The molecule has 0 N–H and O–H groups in total. The maximum absolute atomic E-state index is 13.5. The zero-order chi connectivity index (χ0) is 23.3. The van der Waals surface area contributed by atoms with Crippen LogP contribution in [0.5, 0.6) is 17.2 Å². The molecule has 0 fully saturated rings. The number of nitrogens with zero attached hydrogens (tertiary/aromatic N) is 3. The smallest absolute Gasteiger partial charge is 0.379 e. The number of benzene rings is 3. The predicted molar refractivity (Wildman–Crippen MR) is 109 cm³/mol. The second kappa shape index (κ2) is 9.10. The maximum Gasteiger partial charge on any atom is 0.647 e. The van der Waals surface area contributed by atoms with Gasteiger partial charge in [-0.15, -0.1) is 0 Å². The zero-order valence-corrected chi connectivity index (χ0v) is 16.7. The average molecular weight is 461 g/mol. The fourth-order valence-electron chi connectivity index (χ4n) is 2.47. The molecule has 0 heterocycles. The van der Waals surface area contributed by atoms with Crippen LogP contribution in [0.4, 0.5) is 17.1 Å². The third-order valence-corrected chi connectivity index (χ3v) is 5.08. The lowest BCUT2D eigenvalue weighted by Crippen LogP contribution is -2.10. The molecule has 13 nitrogen and oxygen atoms in total. The Hall–Kier alpha value is -4.51. The van der Waals surface area contributed by atoms with Crippen molar-refractivity contribution >= 4 is 24.9 Å². The Kier molecular flexibility index (Phi) is 6.31. The molecule has 0 saturated heterocycles. The van der Waals surface area contributed by atoms with Gasteiger partial charge in [0.15, 0.2) is 0 Å². The van der Waals surface area contributed by atoms with Crippen molar-refractivity contribution in [3.8, 4) is 17.2 Å². The molecule has 3 aromatic rings. The van der Waals surface area contributed by atoms with Crippen LogP contribution in [0.3, 0.4) is 0 Å². The van der Waals surface area contributed by atoms with E-state index >= 15 is 0 Å². The summed E-state index contributed by atoms with van der Waals surface area (Å²) in [7, 11) is -5.00. The SMILES string of the molecule is O=[N+]([O-])c1ccccc1OP(=O)(Oc1ccccc1[N+](=O)[O-])Oc1ccccc1[N+](=O)[O-]. The molecule has 0 aliphatic heterocycles. The van der Waals surface area contributed by atoms with Gasteiger partial charge in [0.05, 0.1) is 14.8 Å². The first-order valence-corrected chi connectivity index (χ1v) is 10.1. The van der Waals surface area contributed by atoms with Crippen LogP contribution in [0.2, 0.25) is 0 Å². The van der Waals surface area contributed by atoms with Gasteiger partial charge in [0.1, 0.15) is 0 Å². The Balaban J connectivity index is 2.10. The summed E-state index contributed by atoms with van der Waals surface area (Å²) in [5.41, 5.74) is -1.82. The van der Waals surface area contributed by atoms with Gasteiger partial charge in [-0.25, -0.2) is 0 Å². The topological polar surface area (TPSA) is 174 Å². The van der Waals surface area contributed by atoms with Crippen LogP contribution in [0.25, 0.3) is 0 Å². The van der Waals surface area contributed by atoms with Gasteiger partial charge in [0.2, 0.25) is 17.2 Å². The molecule has 0 spiro atoms. The summed E-state index contributed by atoms with van der Waals surface area (Å²) < 4.78 is 29.1. The van der Waals surface area contributed by atoms with Crippen LogP contribution in [0.1, 0.15) is 0 Å². The number of nitro groups is 3. The first-order valence-electron chi connectivity index (χ1n) is 8.59. The van der Waals surface area contributed by atoms with E-state index in [9.17, 15) is 34.9 Å². The van der Waals surface area contributed by atoms with Crippen LogP contribution >= 0.6 is 7.82 Å². The summed E-state index contributed by atoms with van der Waals surface area (Å²) >= 11 is 0. The van der Waals surface area contributed by atoms with Crippen LogP contribution in [-0.2, 0) is 4.57 Å². The molecule has 0 bridgehead atoms. The Morgan fingerprint density at radius 1 is 0.531 bits per heavy atom. The number of nitro benzene ring substituents is 3. The first-order chi connectivity index (χ1) is 15.2. The maximum atomic E-state index is 13.5. The van der Waals surface area contributed by atoms with Crippen molar-refractivity contribution in [2.75, 3.05) is 0 Å². The molecular formula is C18H12N3O10P. The van der Waals surface area contributed by atoms with Gasteiger partial charge >= 0.3 is 24.9 Å². The Morgan fingerprint density at radius 2 is 0.781 bits per heavy atom. The number of hydrogen-bond donors (Lipinski definition) is 0. The van der Waals surface area contributed by atoms with Crippen molar-refractivity contribution in [2.24, 2.45) is 0 Å². The summed E-state index contributed by atoms with van der Waals surface area (Å²) in [6, 6.07) is 14.4. The summed E-state index contributed by atoms with van der Waals surface area (Å²) in [6.45, 7) is 0. The van der Waals surface area contributed by atoms with Gasteiger partial charge in [-0.2, -0.15) is 4.57 Å². The van der Waals surface area contributed by atoms with Gasteiger partial charge in [-0.05, 0) is 18.2 Å².